The van der Waals surface area contributed by atoms with Crippen molar-refractivity contribution in [1.82, 2.24) is 0 Å². The molecule has 0 radical (unpaired) electrons. The fourth-order valence-electron chi connectivity index (χ4n) is 2.66. The van der Waals surface area contributed by atoms with Crippen molar-refractivity contribution in [2.75, 3.05) is 6.61 Å². The standard InChI is InChI=1S/C20H36O4.Na.H/c1-2-3-4-5-6-7-8-9-10-11-12-13-14-15-18-24-20(23)17-16-19(21)22;;/h16-17H,2-15,18H2,1H3,(H,21,22);;/b17-16-;;. The molecule has 0 saturated heterocycles. The average molecular weight is 365 g/mol. The minimum atomic E-state index is -1.14. The van der Waals surface area contributed by atoms with Gasteiger partial charge < -0.3 is 9.84 Å². The van der Waals surface area contributed by atoms with Crippen molar-refractivity contribution in [2.24, 2.45) is 0 Å². The third-order valence-corrected chi connectivity index (χ3v) is 4.10. The van der Waals surface area contributed by atoms with Gasteiger partial charge >= 0.3 is 41.5 Å². The summed E-state index contributed by atoms with van der Waals surface area (Å²) in [6.07, 6.45) is 19.8. The van der Waals surface area contributed by atoms with E-state index < -0.39 is 11.9 Å². The summed E-state index contributed by atoms with van der Waals surface area (Å²) in [5, 5.41) is 8.37. The molecule has 0 heterocycles. The third-order valence-electron chi connectivity index (χ3n) is 4.10. The zero-order valence-electron chi connectivity index (χ0n) is 15.4. The van der Waals surface area contributed by atoms with Gasteiger partial charge in [0.2, 0.25) is 0 Å². The van der Waals surface area contributed by atoms with E-state index >= 15 is 0 Å². The number of carboxylic acids is 1. The molecule has 0 rings (SSSR count). The predicted molar refractivity (Wildman–Crippen MR) is 105 cm³/mol. The molecule has 0 amide bonds. The Morgan fingerprint density at radius 1 is 0.720 bits per heavy atom. The molecule has 25 heavy (non-hydrogen) atoms. The first-order valence-electron chi connectivity index (χ1n) is 9.74. The van der Waals surface area contributed by atoms with E-state index in [9.17, 15) is 9.59 Å². The predicted octanol–water partition coefficient (Wildman–Crippen LogP) is 5.00. The Morgan fingerprint density at radius 2 is 1.12 bits per heavy atom. The molecule has 0 aliphatic rings. The van der Waals surface area contributed by atoms with Gasteiger partial charge in [-0.25, -0.2) is 9.59 Å². The fraction of sp³-hybridized carbons (Fsp3) is 0.800. The number of rotatable bonds is 17. The summed E-state index contributed by atoms with van der Waals surface area (Å²) in [6, 6.07) is 0. The van der Waals surface area contributed by atoms with Gasteiger partial charge in [0.25, 0.3) is 0 Å². The summed E-state index contributed by atoms with van der Waals surface area (Å²) >= 11 is 0. The minimum absolute atomic E-state index is 0. The van der Waals surface area contributed by atoms with Crippen LogP contribution < -0.4 is 0 Å². The Balaban J connectivity index is 0. The molecule has 0 spiro atoms. The van der Waals surface area contributed by atoms with Crippen molar-refractivity contribution in [1.29, 1.82) is 0 Å². The summed E-state index contributed by atoms with van der Waals surface area (Å²) in [7, 11) is 0. The van der Waals surface area contributed by atoms with Crippen LogP contribution in [0.4, 0.5) is 0 Å². The molecular weight excluding hydrogens is 327 g/mol. The van der Waals surface area contributed by atoms with Crippen molar-refractivity contribution in [3.63, 3.8) is 0 Å². The first kappa shape index (κ1) is 26.9. The van der Waals surface area contributed by atoms with Crippen LogP contribution in [0.5, 0.6) is 0 Å². The molecule has 1 N–H and O–H groups in total. The number of esters is 1. The van der Waals surface area contributed by atoms with Gasteiger partial charge in [0.15, 0.2) is 0 Å². The second-order valence-electron chi connectivity index (χ2n) is 6.44. The van der Waals surface area contributed by atoms with E-state index in [2.05, 4.69) is 6.92 Å². The molecule has 0 fully saturated rings. The van der Waals surface area contributed by atoms with E-state index in [0.29, 0.717) is 6.61 Å². The van der Waals surface area contributed by atoms with Crippen molar-refractivity contribution >= 4 is 41.5 Å². The van der Waals surface area contributed by atoms with Crippen molar-refractivity contribution in [3.05, 3.63) is 12.2 Å². The van der Waals surface area contributed by atoms with Crippen LogP contribution in [-0.4, -0.2) is 53.2 Å². The molecule has 0 aromatic heterocycles. The normalized spacial score (nSPS) is 10.6. The number of carbonyl (C=O) groups excluding carboxylic acids is 1. The molecular formula is C20H37NaO4. The molecule has 0 bridgehead atoms. The summed E-state index contributed by atoms with van der Waals surface area (Å²) < 4.78 is 4.91. The molecule has 0 atom stereocenters. The maximum atomic E-state index is 11.1. The second-order valence-corrected chi connectivity index (χ2v) is 6.44. The van der Waals surface area contributed by atoms with E-state index in [4.69, 9.17) is 9.84 Å². The van der Waals surface area contributed by atoms with Gasteiger partial charge in [-0.2, -0.15) is 0 Å². The van der Waals surface area contributed by atoms with Crippen LogP contribution in [0.15, 0.2) is 12.2 Å². The van der Waals surface area contributed by atoms with Crippen molar-refractivity contribution in [3.8, 4) is 0 Å². The number of carboxylic acid groups (broad SMARTS) is 1. The molecule has 0 aromatic carbocycles. The molecule has 142 valence electrons. The van der Waals surface area contributed by atoms with Crippen molar-refractivity contribution in [2.45, 2.75) is 96.8 Å². The topological polar surface area (TPSA) is 63.6 Å². The van der Waals surface area contributed by atoms with Gasteiger partial charge in [-0.05, 0) is 6.42 Å². The van der Waals surface area contributed by atoms with Crippen LogP contribution in [0, 0.1) is 0 Å². The second kappa shape index (κ2) is 21.7. The van der Waals surface area contributed by atoms with Crippen LogP contribution in [0.25, 0.3) is 0 Å². The maximum absolute atomic E-state index is 11.1. The Morgan fingerprint density at radius 3 is 1.52 bits per heavy atom. The van der Waals surface area contributed by atoms with Crippen LogP contribution in [0.3, 0.4) is 0 Å². The molecule has 5 heteroatoms. The SMILES string of the molecule is CCCCCCCCCCCCCCCCOC(=O)/C=C\C(=O)O.[NaH]. The molecule has 0 unspecified atom stereocenters. The Kier molecular flexibility index (Phi) is 23.4. The van der Waals surface area contributed by atoms with Gasteiger partial charge in [0.05, 0.1) is 6.61 Å². The average Bonchev–Trinajstić information content (AvgIpc) is 2.56. The van der Waals surface area contributed by atoms with Crippen molar-refractivity contribution < 1.29 is 19.4 Å². The zero-order chi connectivity index (χ0) is 17.9. The van der Waals surface area contributed by atoms with Crippen LogP contribution in [-0.2, 0) is 14.3 Å². The number of unbranched alkanes of at least 4 members (excludes halogenated alkanes) is 13. The van der Waals surface area contributed by atoms with Crippen LogP contribution in [0.2, 0.25) is 0 Å². The third kappa shape index (κ3) is 23.7. The Bertz CT molecular complexity index is 343. The number of hydrogen-bond donors (Lipinski definition) is 1. The van der Waals surface area contributed by atoms with Gasteiger partial charge in [-0.1, -0.05) is 90.4 Å². The quantitative estimate of drug-likeness (QED) is 0.171. The Labute approximate surface area is 176 Å². The van der Waals surface area contributed by atoms with Crippen LogP contribution in [0.1, 0.15) is 96.8 Å². The summed E-state index contributed by atoms with van der Waals surface area (Å²) in [6.45, 7) is 2.63. The molecule has 0 aliphatic heterocycles. The van der Waals surface area contributed by atoms with E-state index in [1.807, 2.05) is 0 Å². The number of carbonyl (C=O) groups is 2. The van der Waals surface area contributed by atoms with Gasteiger partial charge in [-0.15, -0.1) is 0 Å². The van der Waals surface area contributed by atoms with Gasteiger partial charge in [-0.3, -0.25) is 0 Å². The monoisotopic (exact) mass is 364 g/mol. The van der Waals surface area contributed by atoms with E-state index in [0.717, 1.165) is 25.0 Å². The first-order chi connectivity index (χ1) is 11.7. The number of ether oxygens (including phenoxy) is 1. The number of aliphatic carboxylic acids is 1. The Hall–Kier alpha value is -0.320. The van der Waals surface area contributed by atoms with E-state index in [1.54, 1.807) is 0 Å². The molecule has 0 aromatic rings. The molecule has 0 saturated carbocycles. The van der Waals surface area contributed by atoms with E-state index in [-0.39, 0.29) is 29.6 Å². The van der Waals surface area contributed by atoms with Gasteiger partial charge in [0.1, 0.15) is 0 Å². The summed E-state index contributed by atoms with van der Waals surface area (Å²) in [4.78, 5) is 21.3. The zero-order valence-corrected chi connectivity index (χ0v) is 15.4. The summed E-state index contributed by atoms with van der Waals surface area (Å²) in [5.74, 6) is -1.71. The molecule has 0 aliphatic carbocycles. The van der Waals surface area contributed by atoms with Gasteiger partial charge in [0, 0.05) is 12.2 Å². The number of hydrogen-bond acceptors (Lipinski definition) is 3. The fourth-order valence-corrected chi connectivity index (χ4v) is 2.66. The van der Waals surface area contributed by atoms with E-state index in [1.165, 1.54) is 77.0 Å². The first-order valence-corrected chi connectivity index (χ1v) is 9.74. The summed E-state index contributed by atoms with van der Waals surface area (Å²) in [5.41, 5.74) is 0. The molecule has 4 nitrogen and oxygen atoms in total. The van der Waals surface area contributed by atoms with Crippen LogP contribution >= 0.6 is 0 Å².